The van der Waals surface area contributed by atoms with Gasteiger partial charge >= 0.3 is 0 Å². The van der Waals surface area contributed by atoms with E-state index < -0.39 is 17.5 Å². The van der Waals surface area contributed by atoms with Gasteiger partial charge in [0.05, 0.1) is 5.52 Å². The molecule has 0 radical (unpaired) electrons. The molecular formula is C15H19F3N2. The fourth-order valence-electron chi connectivity index (χ4n) is 2.70. The molecule has 0 saturated heterocycles. The number of halogens is 3. The van der Waals surface area contributed by atoms with Gasteiger partial charge in [-0.05, 0) is 19.4 Å². The van der Waals surface area contributed by atoms with Gasteiger partial charge in [0.2, 0.25) is 0 Å². The Morgan fingerprint density at radius 1 is 1.15 bits per heavy atom. The molecule has 0 bridgehead atoms. The van der Waals surface area contributed by atoms with E-state index in [0.29, 0.717) is 17.5 Å². The second-order valence-electron chi connectivity index (χ2n) is 4.80. The number of rotatable bonds is 5. The smallest absolute Gasteiger partial charge is 0.195 e. The van der Waals surface area contributed by atoms with Gasteiger partial charge in [0.15, 0.2) is 17.5 Å². The fourth-order valence-corrected chi connectivity index (χ4v) is 2.70. The summed E-state index contributed by atoms with van der Waals surface area (Å²) in [6.07, 6.45) is 1.39. The van der Waals surface area contributed by atoms with Crippen LogP contribution in [0.25, 0.3) is 10.9 Å². The Balaban J connectivity index is 2.76. The molecule has 5 heteroatoms. The molecule has 20 heavy (non-hydrogen) atoms. The highest BCUT2D eigenvalue weighted by Crippen LogP contribution is 2.34. The van der Waals surface area contributed by atoms with E-state index in [2.05, 4.69) is 10.3 Å². The summed E-state index contributed by atoms with van der Waals surface area (Å²) in [6, 6.07) is 0.942. The number of hydrogen-bond acceptors (Lipinski definition) is 1. The van der Waals surface area contributed by atoms with Gasteiger partial charge < -0.3 is 10.3 Å². The second-order valence-corrected chi connectivity index (χ2v) is 4.80. The van der Waals surface area contributed by atoms with E-state index >= 15 is 0 Å². The molecular weight excluding hydrogens is 265 g/mol. The minimum atomic E-state index is -1.41. The summed E-state index contributed by atoms with van der Waals surface area (Å²) in [7, 11) is 0. The van der Waals surface area contributed by atoms with Crippen LogP contribution in [-0.4, -0.2) is 11.5 Å². The van der Waals surface area contributed by atoms with Crippen molar-refractivity contribution < 1.29 is 13.2 Å². The Labute approximate surface area is 116 Å². The Kier molecular flexibility index (Phi) is 4.38. The van der Waals surface area contributed by atoms with Crippen LogP contribution in [0.5, 0.6) is 0 Å². The molecule has 0 amide bonds. The highest BCUT2D eigenvalue weighted by molar-refractivity contribution is 5.86. The Morgan fingerprint density at radius 2 is 1.85 bits per heavy atom. The van der Waals surface area contributed by atoms with E-state index in [-0.39, 0.29) is 11.4 Å². The lowest BCUT2D eigenvalue weighted by Gasteiger charge is -2.17. The lowest BCUT2D eigenvalue weighted by Crippen LogP contribution is -2.21. The van der Waals surface area contributed by atoms with E-state index in [4.69, 9.17) is 0 Å². The zero-order valence-corrected chi connectivity index (χ0v) is 11.9. The average molecular weight is 284 g/mol. The third-order valence-electron chi connectivity index (χ3n) is 3.60. The highest BCUT2D eigenvalue weighted by atomic mass is 19.2. The number of aromatic nitrogens is 1. The van der Waals surface area contributed by atoms with Crippen LogP contribution >= 0.6 is 0 Å². The third kappa shape index (κ3) is 2.30. The lowest BCUT2D eigenvalue weighted by atomic mass is 9.99. The standard InChI is InChI=1S/C15H19F3N2/c1-4-9(19-6-3)12-10(5-2)20-11-7-8(16)14(17)15(18)13(11)12/h7,9,19-20H,4-6H2,1-3H3. The number of aromatic amines is 1. The molecule has 1 aromatic carbocycles. The lowest BCUT2D eigenvalue weighted by molar-refractivity contribution is 0.452. The van der Waals surface area contributed by atoms with Crippen molar-refractivity contribution in [2.24, 2.45) is 0 Å². The van der Waals surface area contributed by atoms with E-state index in [1.54, 1.807) is 0 Å². The topological polar surface area (TPSA) is 27.8 Å². The predicted octanol–water partition coefficient (Wildman–Crippen LogP) is 4.21. The molecule has 1 atom stereocenters. The number of hydrogen-bond donors (Lipinski definition) is 2. The highest BCUT2D eigenvalue weighted by Gasteiger charge is 2.24. The first-order valence-electron chi connectivity index (χ1n) is 6.96. The van der Waals surface area contributed by atoms with Gasteiger partial charge in [-0.1, -0.05) is 20.8 Å². The molecule has 2 N–H and O–H groups in total. The van der Waals surface area contributed by atoms with Crippen LogP contribution in [0.4, 0.5) is 13.2 Å². The first kappa shape index (κ1) is 14.9. The number of nitrogens with one attached hydrogen (secondary N) is 2. The molecule has 1 heterocycles. The van der Waals surface area contributed by atoms with E-state index in [1.165, 1.54) is 0 Å². The number of benzene rings is 1. The number of H-pyrrole nitrogens is 1. The Bertz CT molecular complexity index is 619. The van der Waals surface area contributed by atoms with Gasteiger partial charge in [-0.25, -0.2) is 13.2 Å². The molecule has 1 unspecified atom stereocenters. The maximum atomic E-state index is 14.1. The van der Waals surface area contributed by atoms with Crippen molar-refractivity contribution in [3.05, 3.63) is 34.8 Å². The zero-order valence-electron chi connectivity index (χ0n) is 11.9. The molecule has 0 spiro atoms. The van der Waals surface area contributed by atoms with Crippen LogP contribution in [-0.2, 0) is 6.42 Å². The molecule has 2 rings (SSSR count). The summed E-state index contributed by atoms with van der Waals surface area (Å²) in [5.41, 5.74) is 1.84. The molecule has 2 aromatic rings. The van der Waals surface area contributed by atoms with Crippen molar-refractivity contribution in [2.45, 2.75) is 39.7 Å². The monoisotopic (exact) mass is 284 g/mol. The predicted molar refractivity (Wildman–Crippen MR) is 74.3 cm³/mol. The Hall–Kier alpha value is -1.49. The molecule has 0 saturated carbocycles. The van der Waals surface area contributed by atoms with Crippen LogP contribution in [0, 0.1) is 17.5 Å². The van der Waals surface area contributed by atoms with Gasteiger partial charge in [0, 0.05) is 28.8 Å². The first-order valence-corrected chi connectivity index (χ1v) is 6.96. The SMILES string of the molecule is CCNC(CC)c1c(CC)[nH]c2cc(F)c(F)c(F)c12. The molecule has 0 aliphatic rings. The molecule has 0 fully saturated rings. The Morgan fingerprint density at radius 3 is 2.40 bits per heavy atom. The van der Waals surface area contributed by atoms with Gasteiger partial charge in [0.25, 0.3) is 0 Å². The second kappa shape index (κ2) is 5.87. The summed E-state index contributed by atoms with van der Waals surface area (Å²) < 4.78 is 41.0. The quantitative estimate of drug-likeness (QED) is 0.791. The van der Waals surface area contributed by atoms with Crippen molar-refractivity contribution in [1.82, 2.24) is 10.3 Å². The maximum absolute atomic E-state index is 14.1. The number of fused-ring (bicyclic) bond motifs is 1. The van der Waals surface area contributed by atoms with Crippen molar-refractivity contribution in [3.8, 4) is 0 Å². The van der Waals surface area contributed by atoms with Crippen LogP contribution in [0.2, 0.25) is 0 Å². The summed E-state index contributed by atoms with van der Waals surface area (Å²) >= 11 is 0. The number of aryl methyl sites for hydroxylation is 1. The van der Waals surface area contributed by atoms with Crippen molar-refractivity contribution in [1.29, 1.82) is 0 Å². The van der Waals surface area contributed by atoms with Crippen LogP contribution in [0.15, 0.2) is 6.07 Å². The van der Waals surface area contributed by atoms with Gasteiger partial charge in [-0.15, -0.1) is 0 Å². The van der Waals surface area contributed by atoms with Gasteiger partial charge in [-0.3, -0.25) is 0 Å². The van der Waals surface area contributed by atoms with Crippen molar-refractivity contribution in [2.75, 3.05) is 6.54 Å². The summed E-state index contributed by atoms with van der Waals surface area (Å²) in [5, 5.41) is 3.42. The zero-order chi connectivity index (χ0) is 14.9. The molecule has 110 valence electrons. The summed E-state index contributed by atoms with van der Waals surface area (Å²) in [5.74, 6) is -3.68. The van der Waals surface area contributed by atoms with Crippen molar-refractivity contribution >= 4 is 10.9 Å². The van der Waals surface area contributed by atoms with Crippen molar-refractivity contribution in [3.63, 3.8) is 0 Å². The van der Waals surface area contributed by atoms with E-state index in [9.17, 15) is 13.2 Å². The normalized spacial score (nSPS) is 13.1. The van der Waals surface area contributed by atoms with E-state index in [1.807, 2.05) is 20.8 Å². The minimum Gasteiger partial charge on any atom is -0.358 e. The largest absolute Gasteiger partial charge is 0.358 e. The third-order valence-corrected chi connectivity index (χ3v) is 3.60. The summed E-state index contributed by atoms with van der Waals surface area (Å²) in [4.78, 5) is 3.01. The van der Waals surface area contributed by atoms with E-state index in [0.717, 1.165) is 24.7 Å². The molecule has 1 aromatic heterocycles. The maximum Gasteiger partial charge on any atom is 0.195 e. The van der Waals surface area contributed by atoms with Crippen LogP contribution in [0.3, 0.4) is 0 Å². The van der Waals surface area contributed by atoms with Crippen LogP contribution < -0.4 is 5.32 Å². The molecule has 0 aliphatic carbocycles. The average Bonchev–Trinajstić information content (AvgIpc) is 2.80. The fraction of sp³-hybridized carbons (Fsp3) is 0.467. The van der Waals surface area contributed by atoms with Gasteiger partial charge in [0.1, 0.15) is 0 Å². The van der Waals surface area contributed by atoms with Gasteiger partial charge in [-0.2, -0.15) is 0 Å². The summed E-state index contributed by atoms with van der Waals surface area (Å²) in [6.45, 7) is 6.58. The molecule has 2 nitrogen and oxygen atoms in total. The minimum absolute atomic E-state index is 0.0805. The molecule has 0 aliphatic heterocycles. The van der Waals surface area contributed by atoms with Crippen LogP contribution in [0.1, 0.15) is 44.5 Å². The first-order chi connectivity index (χ1) is 9.54.